The quantitative estimate of drug-likeness (QED) is 0.659. The van der Waals surface area contributed by atoms with Crippen LogP contribution in [0.2, 0.25) is 0 Å². The van der Waals surface area contributed by atoms with Crippen LogP contribution in [0.1, 0.15) is 32.3 Å². The summed E-state index contributed by atoms with van der Waals surface area (Å²) in [4.78, 5) is 0. The van der Waals surface area contributed by atoms with Crippen molar-refractivity contribution in [2.75, 3.05) is 26.0 Å². The van der Waals surface area contributed by atoms with Crippen molar-refractivity contribution in [1.29, 1.82) is 0 Å². The highest BCUT2D eigenvalue weighted by molar-refractivity contribution is 8.00. The Hall–Kier alpha value is -0.550. The molecule has 1 aromatic rings. The van der Waals surface area contributed by atoms with Gasteiger partial charge in [0.2, 0.25) is 0 Å². The van der Waals surface area contributed by atoms with E-state index in [1.807, 2.05) is 42.1 Å². The maximum Gasteiger partial charge on any atom is 0.0897 e. The minimum Gasteiger partial charge on any atom is -0.389 e. The monoisotopic (exact) mass is 311 g/mol. The summed E-state index contributed by atoms with van der Waals surface area (Å²) < 4.78 is 5.83. The Morgan fingerprint density at radius 3 is 2.48 bits per heavy atom. The summed E-state index contributed by atoms with van der Waals surface area (Å²) in [5, 5.41) is 13.3. The van der Waals surface area contributed by atoms with E-state index in [9.17, 15) is 5.11 Å². The van der Waals surface area contributed by atoms with Gasteiger partial charge >= 0.3 is 0 Å². The van der Waals surface area contributed by atoms with Crippen molar-refractivity contribution in [2.45, 2.75) is 44.1 Å². The fourth-order valence-corrected chi connectivity index (χ4v) is 3.10. The fraction of sp³-hybridized carbons (Fsp3) is 0.647. The van der Waals surface area contributed by atoms with Crippen molar-refractivity contribution in [3.8, 4) is 0 Å². The second-order valence-corrected chi connectivity index (χ2v) is 6.65. The van der Waals surface area contributed by atoms with Gasteiger partial charge < -0.3 is 15.2 Å². The Balaban J connectivity index is 2.18. The summed E-state index contributed by atoms with van der Waals surface area (Å²) in [6.07, 6.45) is 3.98. The van der Waals surface area contributed by atoms with Crippen LogP contribution in [0, 0.1) is 0 Å². The molecule has 0 saturated carbocycles. The second-order valence-electron chi connectivity index (χ2n) is 5.38. The topological polar surface area (TPSA) is 41.5 Å². The largest absolute Gasteiger partial charge is 0.389 e. The highest BCUT2D eigenvalue weighted by atomic mass is 32.2. The third-order valence-electron chi connectivity index (χ3n) is 3.97. The molecule has 21 heavy (non-hydrogen) atoms. The minimum absolute atomic E-state index is 0.282. The van der Waals surface area contributed by atoms with Crippen molar-refractivity contribution in [3.63, 3.8) is 0 Å². The molecule has 1 atom stereocenters. The number of ether oxygens (including phenoxy) is 1. The lowest BCUT2D eigenvalue weighted by molar-refractivity contribution is 0.0286. The first kappa shape index (κ1) is 18.5. The molecule has 0 amide bonds. The van der Waals surface area contributed by atoms with Crippen molar-refractivity contribution >= 4 is 11.8 Å². The Morgan fingerprint density at radius 1 is 1.24 bits per heavy atom. The average Bonchev–Trinajstić information content (AvgIpc) is 2.53. The van der Waals surface area contributed by atoms with Crippen LogP contribution in [0.25, 0.3) is 0 Å². The zero-order valence-electron chi connectivity index (χ0n) is 13.5. The first-order valence-corrected chi connectivity index (χ1v) is 8.94. The molecule has 0 aliphatic carbocycles. The standard InChI is InChI=1S/C17H29NO2S/c1-4-17(5-2,21-3)14-18-11-16(19)13-20-12-15-9-7-6-8-10-15/h6-10,16,18-19H,4-5,11-14H2,1-3H3. The highest BCUT2D eigenvalue weighted by Crippen LogP contribution is 2.29. The van der Waals surface area contributed by atoms with Gasteiger partial charge in [-0.05, 0) is 24.7 Å². The molecule has 1 aromatic carbocycles. The number of aliphatic hydroxyl groups is 1. The maximum absolute atomic E-state index is 9.95. The lowest BCUT2D eigenvalue weighted by atomic mass is 10.0. The summed E-state index contributed by atoms with van der Waals surface area (Å²) >= 11 is 1.91. The third-order valence-corrected chi connectivity index (χ3v) is 5.56. The van der Waals surface area contributed by atoms with Gasteiger partial charge in [-0.3, -0.25) is 0 Å². The molecule has 0 aliphatic heterocycles. The second kappa shape index (κ2) is 10.2. The third kappa shape index (κ3) is 6.83. The molecule has 0 bridgehead atoms. The number of thioether (sulfide) groups is 1. The first-order valence-electron chi connectivity index (χ1n) is 7.71. The molecule has 0 fully saturated rings. The van der Waals surface area contributed by atoms with Gasteiger partial charge in [-0.25, -0.2) is 0 Å². The Morgan fingerprint density at radius 2 is 1.90 bits per heavy atom. The van der Waals surface area contributed by atoms with Gasteiger partial charge in [0.25, 0.3) is 0 Å². The van der Waals surface area contributed by atoms with Gasteiger partial charge in [0.15, 0.2) is 0 Å². The van der Waals surface area contributed by atoms with E-state index in [-0.39, 0.29) is 4.75 Å². The van der Waals surface area contributed by atoms with Crippen LogP contribution in [0.5, 0.6) is 0 Å². The van der Waals surface area contributed by atoms with Gasteiger partial charge in [-0.1, -0.05) is 44.2 Å². The number of hydrogen-bond donors (Lipinski definition) is 2. The minimum atomic E-state index is -0.456. The van der Waals surface area contributed by atoms with Gasteiger partial charge in [-0.2, -0.15) is 11.8 Å². The molecular formula is C17H29NO2S. The Kier molecular flexibility index (Phi) is 9.00. The maximum atomic E-state index is 9.95. The molecule has 3 nitrogen and oxygen atoms in total. The normalized spacial score (nSPS) is 13.3. The van der Waals surface area contributed by atoms with Crippen LogP contribution < -0.4 is 5.32 Å². The smallest absolute Gasteiger partial charge is 0.0897 e. The molecule has 2 N–H and O–H groups in total. The number of benzene rings is 1. The van der Waals surface area contributed by atoms with E-state index in [1.165, 1.54) is 0 Å². The Bertz CT molecular complexity index is 360. The molecule has 120 valence electrons. The Labute approximate surface area is 133 Å². The van der Waals surface area contributed by atoms with Crippen molar-refractivity contribution in [2.24, 2.45) is 0 Å². The fourth-order valence-electron chi connectivity index (χ4n) is 2.27. The SMILES string of the molecule is CCC(CC)(CNCC(O)COCc1ccccc1)SC. The van der Waals surface area contributed by atoms with Crippen molar-refractivity contribution < 1.29 is 9.84 Å². The number of aliphatic hydroxyl groups excluding tert-OH is 1. The van der Waals surface area contributed by atoms with Crippen LogP contribution >= 0.6 is 11.8 Å². The number of hydrogen-bond acceptors (Lipinski definition) is 4. The van der Waals surface area contributed by atoms with Crippen molar-refractivity contribution in [1.82, 2.24) is 5.32 Å². The van der Waals surface area contributed by atoms with E-state index in [4.69, 9.17) is 4.74 Å². The lowest BCUT2D eigenvalue weighted by Crippen LogP contribution is -2.40. The van der Waals surface area contributed by atoms with E-state index >= 15 is 0 Å². The van der Waals surface area contributed by atoms with E-state index in [0.717, 1.165) is 24.9 Å². The van der Waals surface area contributed by atoms with Crippen LogP contribution in [0.15, 0.2) is 30.3 Å². The van der Waals surface area contributed by atoms with Crippen LogP contribution in [-0.2, 0) is 11.3 Å². The first-order chi connectivity index (χ1) is 10.2. The molecule has 0 spiro atoms. The highest BCUT2D eigenvalue weighted by Gasteiger charge is 2.24. The van der Waals surface area contributed by atoms with E-state index in [0.29, 0.717) is 19.8 Å². The summed E-state index contributed by atoms with van der Waals surface area (Å²) in [6, 6.07) is 10.0. The van der Waals surface area contributed by atoms with E-state index < -0.39 is 6.10 Å². The lowest BCUT2D eigenvalue weighted by Gasteiger charge is -2.30. The van der Waals surface area contributed by atoms with Gasteiger partial charge in [0.05, 0.1) is 19.3 Å². The molecule has 4 heteroatoms. The van der Waals surface area contributed by atoms with Gasteiger partial charge in [-0.15, -0.1) is 0 Å². The van der Waals surface area contributed by atoms with Gasteiger partial charge in [0, 0.05) is 17.8 Å². The van der Waals surface area contributed by atoms with E-state index in [2.05, 4.69) is 25.4 Å². The van der Waals surface area contributed by atoms with Crippen LogP contribution in [0.4, 0.5) is 0 Å². The molecule has 0 radical (unpaired) electrons. The molecular weight excluding hydrogens is 282 g/mol. The van der Waals surface area contributed by atoms with Crippen LogP contribution in [0.3, 0.4) is 0 Å². The molecule has 0 heterocycles. The molecule has 1 rings (SSSR count). The predicted octanol–water partition coefficient (Wildman–Crippen LogP) is 3.08. The zero-order valence-corrected chi connectivity index (χ0v) is 14.3. The molecule has 0 saturated heterocycles. The number of rotatable bonds is 11. The summed E-state index contributed by atoms with van der Waals surface area (Å²) in [6.45, 7) is 6.87. The summed E-state index contributed by atoms with van der Waals surface area (Å²) in [5.41, 5.74) is 1.14. The average molecular weight is 311 g/mol. The van der Waals surface area contributed by atoms with Gasteiger partial charge in [0.1, 0.15) is 0 Å². The summed E-state index contributed by atoms with van der Waals surface area (Å²) in [5.74, 6) is 0. The van der Waals surface area contributed by atoms with Crippen LogP contribution in [-0.4, -0.2) is 41.9 Å². The molecule has 0 aromatic heterocycles. The molecule has 0 aliphatic rings. The van der Waals surface area contributed by atoms with Crippen molar-refractivity contribution in [3.05, 3.63) is 35.9 Å². The summed E-state index contributed by atoms with van der Waals surface area (Å²) in [7, 11) is 0. The zero-order chi connectivity index (χ0) is 15.6. The predicted molar refractivity (Wildman–Crippen MR) is 91.8 cm³/mol. The van der Waals surface area contributed by atoms with E-state index in [1.54, 1.807) is 0 Å². The number of nitrogens with one attached hydrogen (secondary N) is 1. The molecule has 1 unspecified atom stereocenters.